The smallest absolute Gasteiger partial charge is 0.252 e. The maximum atomic E-state index is 13.5. The number of fused-ring (bicyclic) bond motifs is 2. The summed E-state index contributed by atoms with van der Waals surface area (Å²) >= 11 is 0. The highest BCUT2D eigenvalue weighted by atomic mass is 16.5. The van der Waals surface area contributed by atoms with E-state index in [9.17, 15) is 19.2 Å². The van der Waals surface area contributed by atoms with Crippen LogP contribution in [0.4, 0.5) is 0 Å². The van der Waals surface area contributed by atoms with Crippen LogP contribution in [0.1, 0.15) is 104 Å². The van der Waals surface area contributed by atoms with Crippen LogP contribution in [0.25, 0.3) is 0 Å². The molecule has 3 atom stereocenters. The lowest BCUT2D eigenvalue weighted by Gasteiger charge is -2.31. The van der Waals surface area contributed by atoms with Crippen molar-refractivity contribution in [3.63, 3.8) is 0 Å². The molecule has 0 aromatic rings. The van der Waals surface area contributed by atoms with E-state index in [2.05, 4.69) is 5.32 Å². The molecule has 3 heterocycles. The Kier molecular flexibility index (Phi) is 11.7. The van der Waals surface area contributed by atoms with Gasteiger partial charge in [0.1, 0.15) is 12.1 Å². The van der Waals surface area contributed by atoms with Crippen LogP contribution in [-0.2, 0) is 23.9 Å². The normalized spacial score (nSPS) is 27.5. The van der Waals surface area contributed by atoms with Crippen molar-refractivity contribution in [1.29, 1.82) is 0 Å². The van der Waals surface area contributed by atoms with Gasteiger partial charge in [-0.2, -0.15) is 0 Å². The van der Waals surface area contributed by atoms with Gasteiger partial charge in [0.15, 0.2) is 0 Å². The Hall–Kier alpha value is -2.16. The van der Waals surface area contributed by atoms with E-state index >= 15 is 0 Å². The summed E-state index contributed by atoms with van der Waals surface area (Å²) in [5, 5.41) is 3.05. The van der Waals surface area contributed by atoms with Gasteiger partial charge in [0.25, 0.3) is 5.91 Å². The van der Waals surface area contributed by atoms with Gasteiger partial charge < -0.3 is 24.8 Å². The molecule has 0 spiro atoms. The first-order valence-electron chi connectivity index (χ1n) is 16.1. The highest BCUT2D eigenvalue weighted by Gasteiger charge is 2.45. The molecule has 4 amide bonds. The second kappa shape index (κ2) is 15.2. The van der Waals surface area contributed by atoms with Gasteiger partial charge in [-0.15, -0.1) is 0 Å². The van der Waals surface area contributed by atoms with E-state index < -0.39 is 12.1 Å². The molecule has 4 rings (SSSR count). The quantitative estimate of drug-likeness (QED) is 0.536. The molecule has 1 N–H and O–H groups in total. The number of likely N-dealkylation sites (tertiary alicyclic amines) is 1. The summed E-state index contributed by atoms with van der Waals surface area (Å²) in [6, 6.07) is -0.803. The Morgan fingerprint density at radius 2 is 1.68 bits per heavy atom. The SMILES string of the molecule is CC(C)CC(=O)N1CCCN(C(=O)CCC2CCCCC2)CCCCNC(=O)[C@@H]2C[C@H]1CN2C(=O)[C@H]1CCCO1. The lowest BCUT2D eigenvalue weighted by molar-refractivity contribution is -0.146. The Labute approximate surface area is 240 Å². The van der Waals surface area contributed by atoms with Crippen LogP contribution >= 0.6 is 0 Å². The van der Waals surface area contributed by atoms with Crippen LogP contribution in [0.15, 0.2) is 0 Å². The summed E-state index contributed by atoms with van der Waals surface area (Å²) < 4.78 is 5.67. The maximum Gasteiger partial charge on any atom is 0.252 e. The largest absolute Gasteiger partial charge is 0.368 e. The second-order valence-electron chi connectivity index (χ2n) is 12.9. The van der Waals surface area contributed by atoms with Crippen molar-refractivity contribution in [2.24, 2.45) is 11.8 Å². The Balaban J connectivity index is 1.46. The third-order valence-corrected chi connectivity index (χ3v) is 9.24. The van der Waals surface area contributed by atoms with E-state index in [4.69, 9.17) is 4.74 Å². The van der Waals surface area contributed by atoms with Crippen molar-refractivity contribution in [2.45, 2.75) is 122 Å². The Bertz CT molecular complexity index is 868. The van der Waals surface area contributed by atoms with Gasteiger partial charge >= 0.3 is 0 Å². The number of carbonyl (C=O) groups excluding carboxylic acids is 4. The van der Waals surface area contributed by atoms with Crippen LogP contribution in [0, 0.1) is 11.8 Å². The van der Waals surface area contributed by atoms with E-state index in [1.165, 1.54) is 32.1 Å². The molecule has 3 saturated heterocycles. The molecule has 0 aromatic heterocycles. The highest BCUT2D eigenvalue weighted by molar-refractivity contribution is 5.90. The lowest BCUT2D eigenvalue weighted by Crippen LogP contribution is -2.49. The van der Waals surface area contributed by atoms with Gasteiger partial charge in [-0.3, -0.25) is 19.2 Å². The molecule has 3 aliphatic heterocycles. The first-order valence-corrected chi connectivity index (χ1v) is 16.1. The predicted molar refractivity (Wildman–Crippen MR) is 153 cm³/mol. The number of nitrogens with one attached hydrogen (secondary N) is 1. The molecular formula is C31H52N4O5. The van der Waals surface area contributed by atoms with Crippen molar-refractivity contribution in [3.8, 4) is 0 Å². The van der Waals surface area contributed by atoms with Crippen LogP contribution < -0.4 is 5.32 Å². The molecule has 9 heteroatoms. The highest BCUT2D eigenvalue weighted by Crippen LogP contribution is 2.29. The molecule has 9 nitrogen and oxygen atoms in total. The number of carbonyl (C=O) groups is 4. The van der Waals surface area contributed by atoms with Crippen molar-refractivity contribution < 1.29 is 23.9 Å². The minimum atomic E-state index is -0.586. The zero-order valence-electron chi connectivity index (χ0n) is 24.9. The van der Waals surface area contributed by atoms with Gasteiger partial charge in [0.2, 0.25) is 17.7 Å². The van der Waals surface area contributed by atoms with Gasteiger partial charge in [0, 0.05) is 52.2 Å². The summed E-state index contributed by atoms with van der Waals surface area (Å²) in [6.07, 6.45) is 12.2. The molecule has 4 fully saturated rings. The molecule has 40 heavy (non-hydrogen) atoms. The molecule has 1 saturated carbocycles. The predicted octanol–water partition coefficient (Wildman–Crippen LogP) is 3.50. The molecule has 2 bridgehead atoms. The van der Waals surface area contributed by atoms with Crippen LogP contribution in [0.3, 0.4) is 0 Å². The van der Waals surface area contributed by atoms with E-state index in [0.717, 1.165) is 25.7 Å². The number of amides is 4. The number of rotatable bonds is 6. The Morgan fingerprint density at radius 3 is 2.40 bits per heavy atom. The summed E-state index contributed by atoms with van der Waals surface area (Å²) in [4.78, 5) is 59.0. The lowest BCUT2D eigenvalue weighted by atomic mass is 9.86. The topological polar surface area (TPSA) is 99.3 Å². The zero-order valence-corrected chi connectivity index (χ0v) is 24.9. The fourth-order valence-corrected chi connectivity index (χ4v) is 6.98. The fourth-order valence-electron chi connectivity index (χ4n) is 6.98. The first kappa shape index (κ1) is 30.8. The van der Waals surface area contributed by atoms with Gasteiger partial charge in [-0.1, -0.05) is 46.0 Å². The summed E-state index contributed by atoms with van der Waals surface area (Å²) in [7, 11) is 0. The molecular weight excluding hydrogens is 508 g/mol. The molecule has 0 unspecified atom stereocenters. The van der Waals surface area contributed by atoms with Crippen molar-refractivity contribution >= 4 is 23.6 Å². The third-order valence-electron chi connectivity index (χ3n) is 9.24. The van der Waals surface area contributed by atoms with Crippen LogP contribution in [0.2, 0.25) is 0 Å². The molecule has 1 aliphatic carbocycles. The van der Waals surface area contributed by atoms with E-state index in [0.29, 0.717) is 77.4 Å². The van der Waals surface area contributed by atoms with Crippen molar-refractivity contribution in [1.82, 2.24) is 20.0 Å². The summed E-state index contributed by atoms with van der Waals surface area (Å²) in [6.45, 7) is 7.34. The van der Waals surface area contributed by atoms with Gasteiger partial charge in [-0.05, 0) is 56.8 Å². The number of hydrogen-bond donors (Lipinski definition) is 1. The van der Waals surface area contributed by atoms with Crippen molar-refractivity contribution in [2.75, 3.05) is 39.3 Å². The minimum absolute atomic E-state index is 0.0628. The standard InChI is InChI=1S/C31H52N4O5/c1-23(2)20-29(37)34-18-9-17-33(28(36)14-13-24-10-4-3-5-11-24)16-7-6-15-32-30(38)26-21-25(34)22-35(26)31(39)27-12-8-19-40-27/h23-27H,3-22H2,1-2H3,(H,32,38)/t25-,26-,27+/m0/s1. The average Bonchev–Trinajstić information content (AvgIpc) is 3.63. The monoisotopic (exact) mass is 560 g/mol. The molecule has 0 aromatic carbocycles. The number of nitrogens with zero attached hydrogens (tertiary/aromatic N) is 3. The van der Waals surface area contributed by atoms with E-state index in [-0.39, 0.29) is 35.6 Å². The molecule has 4 aliphatic rings. The number of hydrogen-bond acceptors (Lipinski definition) is 5. The van der Waals surface area contributed by atoms with E-state index in [1.807, 2.05) is 23.6 Å². The van der Waals surface area contributed by atoms with Crippen molar-refractivity contribution in [3.05, 3.63) is 0 Å². The van der Waals surface area contributed by atoms with Crippen LogP contribution in [0.5, 0.6) is 0 Å². The zero-order chi connectivity index (χ0) is 28.5. The number of ether oxygens (including phenoxy) is 1. The van der Waals surface area contributed by atoms with Gasteiger partial charge in [-0.25, -0.2) is 0 Å². The first-order chi connectivity index (χ1) is 19.3. The molecule has 0 radical (unpaired) electrons. The summed E-state index contributed by atoms with van der Waals surface area (Å²) in [5.74, 6) is 0.887. The minimum Gasteiger partial charge on any atom is -0.368 e. The Morgan fingerprint density at radius 1 is 0.900 bits per heavy atom. The van der Waals surface area contributed by atoms with Crippen LogP contribution in [-0.4, -0.2) is 95.8 Å². The average molecular weight is 561 g/mol. The third kappa shape index (κ3) is 8.43. The fraction of sp³-hybridized carbons (Fsp3) is 0.871. The van der Waals surface area contributed by atoms with Gasteiger partial charge in [0.05, 0.1) is 6.04 Å². The summed E-state index contributed by atoms with van der Waals surface area (Å²) in [5.41, 5.74) is 0. The molecule has 226 valence electrons. The maximum absolute atomic E-state index is 13.5. The second-order valence-corrected chi connectivity index (χ2v) is 12.9. The van der Waals surface area contributed by atoms with E-state index in [1.54, 1.807) is 4.90 Å².